The largest absolute Gasteiger partial charge is 0.481 e. The number of hydrogen-bond donors (Lipinski definition) is 0. The monoisotopic (exact) mass is 309 g/mol. The van der Waals surface area contributed by atoms with Gasteiger partial charge in [-0.3, -0.25) is 14.9 Å². The number of ketones is 1. The van der Waals surface area contributed by atoms with E-state index in [1.807, 2.05) is 0 Å². The number of ether oxygens (including phenoxy) is 1. The van der Waals surface area contributed by atoms with Gasteiger partial charge in [0.2, 0.25) is 5.75 Å². The van der Waals surface area contributed by atoms with Crippen molar-refractivity contribution in [1.82, 2.24) is 0 Å². The van der Waals surface area contributed by atoms with Gasteiger partial charge in [-0.2, -0.15) is 0 Å². The summed E-state index contributed by atoms with van der Waals surface area (Å²) in [6.07, 6.45) is 4.82. The number of hydrogen-bond acceptors (Lipinski definition) is 4. The average Bonchev–Trinajstić information content (AvgIpc) is 2.49. The van der Waals surface area contributed by atoms with Gasteiger partial charge in [-0.25, -0.2) is 0 Å². The van der Waals surface area contributed by atoms with E-state index in [2.05, 4.69) is 0 Å². The zero-order chi connectivity index (χ0) is 15.0. The molecule has 2 fully saturated rings. The Morgan fingerprint density at radius 3 is 2.62 bits per heavy atom. The Balaban J connectivity index is 1.87. The minimum absolute atomic E-state index is 0.0895. The SMILES string of the molecule is O=C1CC(Oc2c(Cl)cccc2[N+](=O)[O-])C12CCCCC2. The number of nitrogens with zero attached hydrogens (tertiary/aromatic N) is 1. The third-order valence-electron chi connectivity index (χ3n) is 4.69. The number of rotatable bonds is 3. The van der Waals surface area contributed by atoms with Crippen LogP contribution >= 0.6 is 11.6 Å². The molecule has 0 aromatic heterocycles. The second kappa shape index (κ2) is 5.30. The normalized spacial score (nSPS) is 23.7. The molecule has 112 valence electrons. The molecule has 0 amide bonds. The van der Waals surface area contributed by atoms with Gasteiger partial charge in [-0.05, 0) is 18.9 Å². The molecular formula is C15H16ClNO4. The van der Waals surface area contributed by atoms with Crippen LogP contribution in [0.3, 0.4) is 0 Å². The summed E-state index contributed by atoms with van der Waals surface area (Å²) in [6.45, 7) is 0. The van der Waals surface area contributed by atoms with E-state index in [9.17, 15) is 14.9 Å². The van der Waals surface area contributed by atoms with Gasteiger partial charge in [-0.15, -0.1) is 0 Å². The fourth-order valence-electron chi connectivity index (χ4n) is 3.45. The molecule has 1 aromatic rings. The Morgan fingerprint density at radius 2 is 2.00 bits per heavy atom. The van der Waals surface area contributed by atoms with Gasteiger partial charge in [0.05, 0.1) is 15.4 Å². The topological polar surface area (TPSA) is 69.4 Å². The number of Topliss-reactive ketones (excluding diaryl/α,β-unsaturated/α-hetero) is 1. The first kappa shape index (κ1) is 14.3. The lowest BCUT2D eigenvalue weighted by atomic mass is 9.57. The van der Waals surface area contributed by atoms with Crippen molar-refractivity contribution in [3.63, 3.8) is 0 Å². The predicted molar refractivity (Wildman–Crippen MR) is 77.7 cm³/mol. The second-order valence-electron chi connectivity index (χ2n) is 5.80. The number of halogens is 1. The van der Waals surface area contributed by atoms with Gasteiger partial charge < -0.3 is 4.74 Å². The summed E-state index contributed by atoms with van der Waals surface area (Å²) in [4.78, 5) is 22.7. The van der Waals surface area contributed by atoms with Crippen LogP contribution in [0.25, 0.3) is 0 Å². The molecule has 2 aliphatic rings. The van der Waals surface area contributed by atoms with Crippen molar-refractivity contribution >= 4 is 23.1 Å². The van der Waals surface area contributed by atoms with Gasteiger partial charge >= 0.3 is 5.69 Å². The summed E-state index contributed by atoms with van der Waals surface area (Å²) < 4.78 is 5.84. The predicted octanol–water partition coefficient (Wildman–Crippen LogP) is 3.92. The third kappa shape index (κ3) is 2.29. The molecule has 0 bridgehead atoms. The smallest absolute Gasteiger partial charge is 0.312 e. The Hall–Kier alpha value is -1.62. The molecule has 5 nitrogen and oxygen atoms in total. The molecular weight excluding hydrogens is 294 g/mol. The maximum atomic E-state index is 12.1. The second-order valence-corrected chi connectivity index (χ2v) is 6.20. The van der Waals surface area contributed by atoms with E-state index in [1.54, 1.807) is 6.07 Å². The van der Waals surface area contributed by atoms with E-state index in [0.717, 1.165) is 32.1 Å². The highest BCUT2D eigenvalue weighted by atomic mass is 35.5. The lowest BCUT2D eigenvalue weighted by Crippen LogP contribution is -2.57. The van der Waals surface area contributed by atoms with Crippen LogP contribution in [0.2, 0.25) is 5.02 Å². The fraction of sp³-hybridized carbons (Fsp3) is 0.533. The number of nitro benzene ring substituents is 1. The van der Waals surface area contributed by atoms with Crippen molar-refractivity contribution in [2.45, 2.75) is 44.6 Å². The Bertz CT molecular complexity index is 595. The third-order valence-corrected chi connectivity index (χ3v) is 4.99. The van der Waals surface area contributed by atoms with Crippen molar-refractivity contribution < 1.29 is 14.5 Å². The van der Waals surface area contributed by atoms with Crippen LogP contribution in [0.4, 0.5) is 5.69 Å². The molecule has 0 radical (unpaired) electrons. The van der Waals surface area contributed by atoms with E-state index in [1.165, 1.54) is 12.1 Å². The highest BCUT2D eigenvalue weighted by Crippen LogP contribution is 2.51. The molecule has 21 heavy (non-hydrogen) atoms. The zero-order valence-corrected chi connectivity index (χ0v) is 12.3. The van der Waals surface area contributed by atoms with E-state index in [-0.39, 0.29) is 28.3 Å². The highest BCUT2D eigenvalue weighted by molar-refractivity contribution is 6.32. The van der Waals surface area contributed by atoms with E-state index < -0.39 is 10.3 Å². The Morgan fingerprint density at radius 1 is 1.29 bits per heavy atom. The first-order chi connectivity index (χ1) is 10.0. The van der Waals surface area contributed by atoms with E-state index in [4.69, 9.17) is 16.3 Å². The number of nitro groups is 1. The molecule has 3 rings (SSSR count). The Kier molecular flexibility index (Phi) is 3.61. The van der Waals surface area contributed by atoms with Gasteiger partial charge in [0.1, 0.15) is 11.9 Å². The van der Waals surface area contributed by atoms with Crippen molar-refractivity contribution in [3.8, 4) is 5.75 Å². The lowest BCUT2D eigenvalue weighted by molar-refractivity contribution is -0.386. The van der Waals surface area contributed by atoms with Crippen molar-refractivity contribution in [2.24, 2.45) is 5.41 Å². The zero-order valence-electron chi connectivity index (χ0n) is 11.5. The number of carbonyl (C=O) groups is 1. The molecule has 1 atom stereocenters. The van der Waals surface area contributed by atoms with E-state index >= 15 is 0 Å². The maximum Gasteiger partial charge on any atom is 0.312 e. The van der Waals surface area contributed by atoms with Crippen LogP contribution < -0.4 is 4.74 Å². The summed E-state index contributed by atoms with van der Waals surface area (Å²) in [5.74, 6) is 0.313. The molecule has 0 heterocycles. The highest BCUT2D eigenvalue weighted by Gasteiger charge is 2.56. The number of benzene rings is 1. The molecule has 6 heteroatoms. The molecule has 0 aliphatic heterocycles. The average molecular weight is 310 g/mol. The first-order valence-corrected chi connectivity index (χ1v) is 7.55. The summed E-state index contributed by atoms with van der Waals surface area (Å²) in [7, 11) is 0. The van der Waals surface area contributed by atoms with Gasteiger partial charge in [-0.1, -0.05) is 36.9 Å². The molecule has 2 saturated carbocycles. The standard InChI is InChI=1S/C15H16ClNO4/c16-10-5-4-6-11(17(19)20)14(10)21-13-9-12(18)15(13)7-2-1-3-8-15/h4-6,13H,1-3,7-9H2. The van der Waals surface area contributed by atoms with Crippen LogP contribution in [0, 0.1) is 15.5 Å². The summed E-state index contributed by atoms with van der Waals surface area (Å²) >= 11 is 6.05. The van der Waals surface area contributed by atoms with Crippen LogP contribution in [0.5, 0.6) is 5.75 Å². The van der Waals surface area contributed by atoms with Gasteiger partial charge in [0.25, 0.3) is 0 Å². The maximum absolute atomic E-state index is 12.1. The van der Waals surface area contributed by atoms with Crippen LogP contribution in [0.15, 0.2) is 18.2 Å². The van der Waals surface area contributed by atoms with Crippen molar-refractivity contribution in [2.75, 3.05) is 0 Å². The number of para-hydroxylation sites is 1. The molecule has 1 spiro atoms. The molecule has 0 N–H and O–H groups in total. The van der Waals surface area contributed by atoms with Crippen LogP contribution in [-0.4, -0.2) is 16.8 Å². The first-order valence-electron chi connectivity index (χ1n) is 7.17. The summed E-state index contributed by atoms with van der Waals surface area (Å²) in [5, 5.41) is 11.3. The van der Waals surface area contributed by atoms with Crippen LogP contribution in [0.1, 0.15) is 38.5 Å². The van der Waals surface area contributed by atoms with Gasteiger partial charge in [0.15, 0.2) is 0 Å². The molecule has 2 aliphatic carbocycles. The molecule has 1 aromatic carbocycles. The fourth-order valence-corrected chi connectivity index (χ4v) is 3.67. The number of carbonyl (C=O) groups excluding carboxylic acids is 1. The van der Waals surface area contributed by atoms with Crippen LogP contribution in [-0.2, 0) is 4.79 Å². The Labute approximate surface area is 127 Å². The quantitative estimate of drug-likeness (QED) is 0.627. The minimum atomic E-state index is -0.505. The summed E-state index contributed by atoms with van der Waals surface area (Å²) in [5.41, 5.74) is -0.585. The molecule has 1 unspecified atom stereocenters. The van der Waals surface area contributed by atoms with E-state index in [0.29, 0.717) is 6.42 Å². The summed E-state index contributed by atoms with van der Waals surface area (Å²) in [6, 6.07) is 4.46. The lowest BCUT2D eigenvalue weighted by Gasteiger charge is -2.49. The van der Waals surface area contributed by atoms with Crippen molar-refractivity contribution in [3.05, 3.63) is 33.3 Å². The molecule has 0 saturated heterocycles. The van der Waals surface area contributed by atoms with Crippen molar-refractivity contribution in [1.29, 1.82) is 0 Å². The minimum Gasteiger partial charge on any atom is -0.481 e. The van der Waals surface area contributed by atoms with Gasteiger partial charge in [0, 0.05) is 12.5 Å².